The maximum absolute atomic E-state index is 6.03. The molecule has 1 nitrogen and oxygen atoms in total. The molecule has 0 bridgehead atoms. The van der Waals surface area contributed by atoms with Crippen molar-refractivity contribution in [2.75, 3.05) is 5.32 Å². The van der Waals surface area contributed by atoms with Gasteiger partial charge in [0.1, 0.15) is 0 Å². The highest BCUT2D eigenvalue weighted by Crippen LogP contribution is 2.52. The minimum atomic E-state index is 0.602. The number of benzene rings is 1. The monoisotopic (exact) mass is 327 g/mol. The average Bonchev–Trinajstić information content (AvgIpc) is 2.40. The van der Waals surface area contributed by atoms with Crippen LogP contribution in [-0.2, 0) is 0 Å². The molecule has 2 aliphatic carbocycles. The van der Waals surface area contributed by atoms with Crippen molar-refractivity contribution in [1.82, 2.24) is 0 Å². The fourth-order valence-corrected chi connectivity index (χ4v) is 4.06. The Hall–Kier alpha value is -0.210. The number of halogens is 2. The van der Waals surface area contributed by atoms with E-state index in [0.29, 0.717) is 11.5 Å². The summed E-state index contributed by atoms with van der Waals surface area (Å²) in [5, 5.41) is 4.50. The molecule has 3 heteroatoms. The van der Waals surface area contributed by atoms with Crippen LogP contribution in [0.5, 0.6) is 0 Å². The van der Waals surface area contributed by atoms with Crippen molar-refractivity contribution in [3.8, 4) is 0 Å². The van der Waals surface area contributed by atoms with Crippen LogP contribution in [0.3, 0.4) is 0 Å². The summed E-state index contributed by atoms with van der Waals surface area (Å²) in [7, 11) is 0. The maximum Gasteiger partial charge on any atom is 0.0549 e. The van der Waals surface area contributed by atoms with Crippen molar-refractivity contribution in [2.24, 2.45) is 5.41 Å². The largest absolute Gasteiger partial charge is 0.382 e. The molecule has 1 aromatic carbocycles. The first-order chi connectivity index (χ1) is 8.70. The SMILES string of the molecule is Clc1ccc(NC2CCC23CCCCC3)cc1Br. The molecule has 3 rings (SSSR count). The van der Waals surface area contributed by atoms with Crippen LogP contribution in [0.25, 0.3) is 0 Å². The highest BCUT2D eigenvalue weighted by atomic mass is 79.9. The zero-order valence-electron chi connectivity index (χ0n) is 10.5. The molecule has 18 heavy (non-hydrogen) atoms. The summed E-state index contributed by atoms with van der Waals surface area (Å²) in [6.45, 7) is 0. The zero-order valence-corrected chi connectivity index (χ0v) is 12.9. The van der Waals surface area contributed by atoms with Crippen molar-refractivity contribution >= 4 is 33.2 Å². The predicted octanol–water partition coefficient (Wildman–Crippen LogP) is 5.63. The van der Waals surface area contributed by atoms with Crippen LogP contribution >= 0.6 is 27.5 Å². The van der Waals surface area contributed by atoms with E-state index in [1.165, 1.54) is 50.6 Å². The van der Waals surface area contributed by atoms with E-state index in [9.17, 15) is 0 Å². The quantitative estimate of drug-likeness (QED) is 0.742. The Kier molecular flexibility index (Phi) is 3.59. The van der Waals surface area contributed by atoms with E-state index in [4.69, 9.17) is 11.6 Å². The Morgan fingerprint density at radius 1 is 1.17 bits per heavy atom. The summed E-state index contributed by atoms with van der Waals surface area (Å²) in [5.74, 6) is 0. The van der Waals surface area contributed by atoms with Crippen molar-refractivity contribution in [3.05, 3.63) is 27.7 Å². The van der Waals surface area contributed by atoms with Gasteiger partial charge in [0.05, 0.1) is 5.02 Å². The normalized spacial score (nSPS) is 25.8. The van der Waals surface area contributed by atoms with Crippen LogP contribution in [-0.4, -0.2) is 6.04 Å². The molecular weight excluding hydrogens is 310 g/mol. The van der Waals surface area contributed by atoms with Crippen molar-refractivity contribution < 1.29 is 0 Å². The van der Waals surface area contributed by atoms with Crippen molar-refractivity contribution in [2.45, 2.75) is 51.0 Å². The van der Waals surface area contributed by atoms with Crippen LogP contribution in [0.2, 0.25) is 5.02 Å². The lowest BCUT2D eigenvalue weighted by Gasteiger charge is -2.52. The van der Waals surface area contributed by atoms with E-state index in [1.54, 1.807) is 0 Å². The maximum atomic E-state index is 6.03. The molecule has 1 atom stereocenters. The van der Waals surface area contributed by atoms with Gasteiger partial charge in [-0.15, -0.1) is 0 Å². The Morgan fingerprint density at radius 2 is 1.94 bits per heavy atom. The first kappa shape index (κ1) is 12.8. The Bertz CT molecular complexity index is 440. The topological polar surface area (TPSA) is 12.0 Å². The molecule has 0 radical (unpaired) electrons. The van der Waals surface area contributed by atoms with E-state index in [1.807, 2.05) is 6.07 Å². The van der Waals surface area contributed by atoms with E-state index in [2.05, 4.69) is 33.4 Å². The fraction of sp³-hybridized carbons (Fsp3) is 0.600. The van der Waals surface area contributed by atoms with Gasteiger partial charge >= 0.3 is 0 Å². The minimum Gasteiger partial charge on any atom is -0.382 e. The van der Waals surface area contributed by atoms with Crippen LogP contribution in [0.4, 0.5) is 5.69 Å². The lowest BCUT2D eigenvalue weighted by Crippen LogP contribution is -2.50. The highest BCUT2D eigenvalue weighted by molar-refractivity contribution is 9.10. The lowest BCUT2D eigenvalue weighted by atomic mass is 9.57. The molecule has 0 amide bonds. The van der Waals surface area contributed by atoms with Crippen LogP contribution in [0.1, 0.15) is 44.9 Å². The van der Waals surface area contributed by atoms with Gasteiger partial charge in [0.25, 0.3) is 0 Å². The number of anilines is 1. The summed E-state index contributed by atoms with van der Waals surface area (Å²) in [6.07, 6.45) is 9.84. The predicted molar refractivity (Wildman–Crippen MR) is 81.3 cm³/mol. The number of hydrogen-bond donors (Lipinski definition) is 1. The molecule has 1 unspecified atom stereocenters. The van der Waals surface area contributed by atoms with Gasteiger partial charge in [-0.05, 0) is 65.2 Å². The first-order valence-electron chi connectivity index (χ1n) is 6.91. The van der Waals surface area contributed by atoms with Gasteiger partial charge in [-0.1, -0.05) is 30.9 Å². The summed E-state index contributed by atoms with van der Waals surface area (Å²) in [6, 6.07) is 6.81. The van der Waals surface area contributed by atoms with Crippen molar-refractivity contribution in [1.29, 1.82) is 0 Å². The molecule has 1 N–H and O–H groups in total. The second-order valence-electron chi connectivity index (χ2n) is 5.79. The van der Waals surface area contributed by atoms with E-state index in [0.717, 1.165) is 9.50 Å². The second-order valence-corrected chi connectivity index (χ2v) is 7.05. The summed E-state index contributed by atoms with van der Waals surface area (Å²) < 4.78 is 0.978. The van der Waals surface area contributed by atoms with E-state index >= 15 is 0 Å². The fourth-order valence-electron chi connectivity index (χ4n) is 3.56. The number of hydrogen-bond acceptors (Lipinski definition) is 1. The van der Waals surface area contributed by atoms with Gasteiger partial charge in [-0.3, -0.25) is 0 Å². The van der Waals surface area contributed by atoms with Crippen LogP contribution < -0.4 is 5.32 Å². The molecule has 1 spiro atoms. The van der Waals surface area contributed by atoms with E-state index < -0.39 is 0 Å². The Balaban J connectivity index is 1.70. The standard InChI is InChI=1S/C15H19BrClN/c16-12-10-11(4-5-13(12)17)18-14-6-9-15(14)7-2-1-3-8-15/h4-5,10,14,18H,1-3,6-9H2. The number of rotatable bonds is 2. The van der Waals surface area contributed by atoms with E-state index in [-0.39, 0.29) is 0 Å². The van der Waals surface area contributed by atoms with Crippen LogP contribution in [0, 0.1) is 5.41 Å². The summed E-state index contributed by atoms with van der Waals surface area (Å²) in [4.78, 5) is 0. The molecule has 98 valence electrons. The zero-order chi connectivity index (χ0) is 12.6. The molecule has 0 aromatic heterocycles. The molecule has 0 saturated heterocycles. The smallest absolute Gasteiger partial charge is 0.0549 e. The molecule has 2 fully saturated rings. The van der Waals surface area contributed by atoms with Gasteiger partial charge in [-0.25, -0.2) is 0 Å². The Labute approximate surface area is 122 Å². The summed E-state index contributed by atoms with van der Waals surface area (Å²) in [5.41, 5.74) is 1.80. The van der Waals surface area contributed by atoms with Crippen molar-refractivity contribution in [3.63, 3.8) is 0 Å². The Morgan fingerprint density at radius 3 is 2.56 bits per heavy atom. The third kappa shape index (κ3) is 2.30. The second kappa shape index (κ2) is 5.05. The average molecular weight is 329 g/mol. The minimum absolute atomic E-state index is 0.602. The lowest BCUT2D eigenvalue weighted by molar-refractivity contribution is 0.0571. The first-order valence-corrected chi connectivity index (χ1v) is 8.08. The van der Waals surface area contributed by atoms with Gasteiger partial charge in [-0.2, -0.15) is 0 Å². The molecule has 1 aromatic rings. The number of nitrogens with one attached hydrogen (secondary N) is 1. The summed E-state index contributed by atoms with van der Waals surface area (Å²) >= 11 is 9.52. The van der Waals surface area contributed by atoms with Gasteiger partial charge in [0.15, 0.2) is 0 Å². The molecule has 2 saturated carbocycles. The van der Waals surface area contributed by atoms with Crippen LogP contribution in [0.15, 0.2) is 22.7 Å². The van der Waals surface area contributed by atoms with Gasteiger partial charge in [0, 0.05) is 16.2 Å². The van der Waals surface area contributed by atoms with Gasteiger partial charge in [0.2, 0.25) is 0 Å². The third-order valence-corrected chi connectivity index (χ3v) is 5.99. The molecule has 0 aliphatic heterocycles. The molecule has 0 heterocycles. The molecule has 2 aliphatic rings. The molecular formula is C15H19BrClN. The van der Waals surface area contributed by atoms with Gasteiger partial charge < -0.3 is 5.32 Å². The third-order valence-electron chi connectivity index (χ3n) is 4.78. The highest BCUT2D eigenvalue weighted by Gasteiger charge is 2.46.